The van der Waals surface area contributed by atoms with E-state index in [4.69, 9.17) is 4.74 Å². The van der Waals surface area contributed by atoms with Crippen molar-refractivity contribution in [2.75, 3.05) is 0 Å². The first-order chi connectivity index (χ1) is 9.10. The lowest BCUT2D eigenvalue weighted by Crippen LogP contribution is -2.01. The third-order valence-corrected chi connectivity index (χ3v) is 3.36. The minimum absolute atomic E-state index is 0.141. The van der Waals surface area contributed by atoms with Gasteiger partial charge >= 0.3 is 0 Å². The first-order valence-electron chi connectivity index (χ1n) is 5.82. The molecule has 0 atom stereocenters. The highest BCUT2D eigenvalue weighted by Gasteiger charge is 2.12. The van der Waals surface area contributed by atoms with Crippen molar-refractivity contribution in [3.63, 3.8) is 0 Å². The fraction of sp³-hybridized carbons (Fsp3) is 0.200. The maximum atomic E-state index is 13.7. The Morgan fingerprint density at radius 3 is 2.11 bits per heavy atom. The van der Waals surface area contributed by atoms with E-state index in [9.17, 15) is 8.78 Å². The number of halogens is 3. The zero-order chi connectivity index (χ0) is 13.8. The quantitative estimate of drug-likeness (QED) is 0.737. The second kappa shape index (κ2) is 6.15. The number of rotatable bonds is 4. The summed E-state index contributed by atoms with van der Waals surface area (Å²) in [5.74, 6) is -1.69. The van der Waals surface area contributed by atoms with Gasteiger partial charge in [0.1, 0.15) is 6.61 Å². The number of hydrogen-bond donors (Lipinski definition) is 0. The van der Waals surface area contributed by atoms with Crippen LogP contribution in [0.3, 0.4) is 0 Å². The molecule has 0 N–H and O–H groups in total. The van der Waals surface area contributed by atoms with Gasteiger partial charge in [0, 0.05) is 5.33 Å². The van der Waals surface area contributed by atoms with Crippen molar-refractivity contribution in [3.05, 3.63) is 64.7 Å². The molecule has 0 radical (unpaired) electrons. The Labute approximate surface area is 119 Å². The third kappa shape index (κ3) is 3.53. The van der Waals surface area contributed by atoms with Crippen molar-refractivity contribution < 1.29 is 13.5 Å². The summed E-state index contributed by atoms with van der Waals surface area (Å²) < 4.78 is 32.6. The molecular formula is C15H13BrF2O. The Morgan fingerprint density at radius 2 is 1.58 bits per heavy atom. The zero-order valence-electron chi connectivity index (χ0n) is 10.4. The minimum atomic E-state index is -0.679. The maximum absolute atomic E-state index is 13.7. The fourth-order valence-corrected chi connectivity index (χ4v) is 1.99. The summed E-state index contributed by atoms with van der Waals surface area (Å²) in [6.07, 6.45) is 0. The van der Waals surface area contributed by atoms with E-state index in [2.05, 4.69) is 15.9 Å². The van der Waals surface area contributed by atoms with Crippen molar-refractivity contribution in [2.45, 2.75) is 18.9 Å². The van der Waals surface area contributed by atoms with E-state index >= 15 is 0 Å². The Bertz CT molecular complexity index is 544. The van der Waals surface area contributed by atoms with Crippen molar-refractivity contribution in [1.82, 2.24) is 0 Å². The molecular weight excluding hydrogens is 314 g/mol. The fourth-order valence-electron chi connectivity index (χ4n) is 1.67. The molecule has 100 valence electrons. The number of aryl methyl sites for hydroxylation is 1. The first kappa shape index (κ1) is 14.0. The van der Waals surface area contributed by atoms with Crippen LogP contribution in [0, 0.1) is 18.6 Å². The largest absolute Gasteiger partial charge is 0.483 e. The molecule has 0 saturated carbocycles. The van der Waals surface area contributed by atoms with E-state index in [0.717, 1.165) is 11.1 Å². The van der Waals surface area contributed by atoms with Gasteiger partial charge in [0.05, 0.1) is 0 Å². The van der Waals surface area contributed by atoms with Gasteiger partial charge in [-0.05, 0) is 30.2 Å². The molecule has 0 amide bonds. The van der Waals surface area contributed by atoms with Crippen LogP contribution in [0.2, 0.25) is 0 Å². The van der Waals surface area contributed by atoms with Gasteiger partial charge in [0.25, 0.3) is 0 Å². The lowest BCUT2D eigenvalue weighted by molar-refractivity contribution is 0.274. The number of alkyl halides is 1. The molecule has 0 bridgehead atoms. The van der Waals surface area contributed by atoms with E-state index in [1.807, 2.05) is 31.2 Å². The van der Waals surface area contributed by atoms with Gasteiger partial charge in [0.15, 0.2) is 17.4 Å². The highest BCUT2D eigenvalue weighted by molar-refractivity contribution is 9.08. The van der Waals surface area contributed by atoms with Crippen LogP contribution in [-0.2, 0) is 11.9 Å². The highest BCUT2D eigenvalue weighted by atomic mass is 79.9. The Kier molecular flexibility index (Phi) is 4.53. The van der Waals surface area contributed by atoms with Crippen molar-refractivity contribution in [1.29, 1.82) is 0 Å². The van der Waals surface area contributed by atoms with Gasteiger partial charge in [-0.3, -0.25) is 0 Å². The van der Waals surface area contributed by atoms with Gasteiger partial charge in [-0.2, -0.15) is 0 Å². The molecule has 0 aliphatic heterocycles. The van der Waals surface area contributed by atoms with Crippen LogP contribution in [-0.4, -0.2) is 0 Å². The van der Waals surface area contributed by atoms with E-state index in [-0.39, 0.29) is 12.4 Å². The zero-order valence-corrected chi connectivity index (χ0v) is 12.0. The van der Waals surface area contributed by atoms with E-state index in [0.29, 0.717) is 10.9 Å². The summed E-state index contributed by atoms with van der Waals surface area (Å²) in [6, 6.07) is 10.1. The molecule has 0 unspecified atom stereocenters. The normalized spacial score (nSPS) is 10.5. The van der Waals surface area contributed by atoms with Crippen LogP contribution < -0.4 is 4.74 Å². The van der Waals surface area contributed by atoms with Crippen LogP contribution in [0.25, 0.3) is 0 Å². The summed E-state index contributed by atoms with van der Waals surface area (Å²) in [5, 5.41) is 0.402. The smallest absolute Gasteiger partial charge is 0.191 e. The standard InChI is InChI=1S/C15H13BrF2O/c1-10-2-4-11(5-3-10)9-19-15-13(17)6-12(8-16)7-14(15)18/h2-7H,8-9H2,1H3. The monoisotopic (exact) mass is 326 g/mol. The molecule has 0 aromatic heterocycles. The summed E-state index contributed by atoms with van der Waals surface area (Å²) in [5.41, 5.74) is 2.54. The molecule has 2 aromatic carbocycles. The van der Waals surface area contributed by atoms with Gasteiger partial charge in [-0.1, -0.05) is 45.8 Å². The number of ether oxygens (including phenoxy) is 1. The summed E-state index contributed by atoms with van der Waals surface area (Å²) >= 11 is 3.16. The summed E-state index contributed by atoms with van der Waals surface area (Å²) in [6.45, 7) is 2.12. The molecule has 19 heavy (non-hydrogen) atoms. The lowest BCUT2D eigenvalue weighted by Gasteiger charge is -2.09. The number of benzene rings is 2. The molecule has 2 rings (SSSR count). The predicted octanol–water partition coefficient (Wildman–Crippen LogP) is 4.75. The molecule has 2 aromatic rings. The van der Waals surface area contributed by atoms with Crippen LogP contribution in [0.1, 0.15) is 16.7 Å². The minimum Gasteiger partial charge on any atom is -0.483 e. The topological polar surface area (TPSA) is 9.23 Å². The average molecular weight is 327 g/mol. The van der Waals surface area contributed by atoms with Crippen LogP contribution in [0.5, 0.6) is 5.75 Å². The maximum Gasteiger partial charge on any atom is 0.191 e. The van der Waals surface area contributed by atoms with Crippen LogP contribution >= 0.6 is 15.9 Å². The highest BCUT2D eigenvalue weighted by Crippen LogP contribution is 2.25. The van der Waals surface area contributed by atoms with E-state index in [1.54, 1.807) is 0 Å². The molecule has 1 nitrogen and oxygen atoms in total. The van der Waals surface area contributed by atoms with E-state index in [1.165, 1.54) is 12.1 Å². The Morgan fingerprint density at radius 1 is 1.00 bits per heavy atom. The lowest BCUT2D eigenvalue weighted by atomic mass is 10.2. The molecule has 0 heterocycles. The molecule has 0 saturated heterocycles. The van der Waals surface area contributed by atoms with Crippen LogP contribution in [0.4, 0.5) is 8.78 Å². The summed E-state index contributed by atoms with van der Waals surface area (Å²) in [7, 11) is 0. The van der Waals surface area contributed by atoms with E-state index < -0.39 is 11.6 Å². The Hall–Kier alpha value is -1.42. The average Bonchev–Trinajstić information content (AvgIpc) is 2.39. The third-order valence-electron chi connectivity index (χ3n) is 2.72. The first-order valence-corrected chi connectivity index (χ1v) is 6.94. The van der Waals surface area contributed by atoms with Crippen LogP contribution in [0.15, 0.2) is 36.4 Å². The molecule has 0 aliphatic rings. The second-order valence-corrected chi connectivity index (χ2v) is 4.86. The van der Waals surface area contributed by atoms with Crippen molar-refractivity contribution in [3.8, 4) is 5.75 Å². The molecule has 0 fully saturated rings. The van der Waals surface area contributed by atoms with Gasteiger partial charge in [-0.25, -0.2) is 8.78 Å². The van der Waals surface area contributed by atoms with Gasteiger partial charge < -0.3 is 4.74 Å². The molecule has 0 spiro atoms. The Balaban J connectivity index is 2.13. The molecule has 0 aliphatic carbocycles. The van der Waals surface area contributed by atoms with Gasteiger partial charge in [0.2, 0.25) is 0 Å². The second-order valence-electron chi connectivity index (χ2n) is 4.30. The number of hydrogen-bond acceptors (Lipinski definition) is 1. The van der Waals surface area contributed by atoms with Gasteiger partial charge in [-0.15, -0.1) is 0 Å². The van der Waals surface area contributed by atoms with Crippen molar-refractivity contribution >= 4 is 15.9 Å². The SMILES string of the molecule is Cc1ccc(COc2c(F)cc(CBr)cc2F)cc1. The van der Waals surface area contributed by atoms with Crippen molar-refractivity contribution in [2.24, 2.45) is 0 Å². The predicted molar refractivity (Wildman–Crippen MR) is 74.5 cm³/mol. The summed E-state index contributed by atoms with van der Waals surface area (Å²) in [4.78, 5) is 0. The molecule has 4 heteroatoms.